The lowest BCUT2D eigenvalue weighted by atomic mass is 10.0. The molecule has 1 saturated heterocycles. The average molecular weight is 287 g/mol. The van der Waals surface area contributed by atoms with Crippen LogP contribution in [-0.2, 0) is 0 Å². The number of phenolic OH excluding ortho intramolecular Hbond substituents is 1. The topological polar surface area (TPSA) is 35.5 Å². The number of benzene rings is 1. The van der Waals surface area contributed by atoms with E-state index in [0.717, 1.165) is 26.2 Å². The molecule has 0 amide bonds. The molecule has 1 aliphatic rings. The summed E-state index contributed by atoms with van der Waals surface area (Å²) in [4.78, 5) is 2.24. The number of phenols is 1. The van der Waals surface area contributed by atoms with E-state index < -0.39 is 0 Å². The van der Waals surface area contributed by atoms with Crippen molar-refractivity contribution in [3.63, 3.8) is 0 Å². The Morgan fingerprint density at radius 3 is 2.61 bits per heavy atom. The predicted molar refractivity (Wildman–Crippen MR) is 75.5 cm³/mol. The van der Waals surface area contributed by atoms with Crippen LogP contribution in [0.4, 0.5) is 0 Å². The number of piperazine rings is 1. The van der Waals surface area contributed by atoms with Gasteiger partial charge in [-0.25, -0.2) is 0 Å². The minimum absolute atomic E-state index is 0.0664. The van der Waals surface area contributed by atoms with Crippen molar-refractivity contribution in [2.75, 3.05) is 26.2 Å². The summed E-state index contributed by atoms with van der Waals surface area (Å²) in [5, 5.41) is 14.2. The Labute approximate surface area is 117 Å². The summed E-state index contributed by atoms with van der Waals surface area (Å²) in [7, 11) is 0. The van der Waals surface area contributed by atoms with E-state index in [1.807, 2.05) is 6.08 Å². The average Bonchev–Trinajstić information content (AvgIpc) is 2.37. The van der Waals surface area contributed by atoms with E-state index in [1.54, 1.807) is 12.1 Å². The molecule has 1 aromatic rings. The number of hydrogen-bond acceptors (Lipinski definition) is 3. The normalized spacial score (nSPS) is 18.6. The summed E-state index contributed by atoms with van der Waals surface area (Å²) in [5.41, 5.74) is 0.712. The summed E-state index contributed by atoms with van der Waals surface area (Å²) < 4.78 is 0. The van der Waals surface area contributed by atoms with E-state index in [4.69, 9.17) is 23.2 Å². The summed E-state index contributed by atoms with van der Waals surface area (Å²) in [6.45, 7) is 7.52. The number of nitrogens with one attached hydrogen (secondary N) is 1. The maximum absolute atomic E-state index is 10.1. The van der Waals surface area contributed by atoms with Crippen LogP contribution in [0.2, 0.25) is 10.0 Å². The van der Waals surface area contributed by atoms with Crippen LogP contribution in [0, 0.1) is 0 Å². The molecule has 5 heteroatoms. The van der Waals surface area contributed by atoms with Crippen LogP contribution in [-0.4, -0.2) is 36.2 Å². The zero-order valence-electron chi connectivity index (χ0n) is 10.00. The second kappa shape index (κ2) is 5.93. The van der Waals surface area contributed by atoms with Gasteiger partial charge in [0.1, 0.15) is 5.75 Å². The fourth-order valence-corrected chi connectivity index (χ4v) is 2.75. The number of hydrogen-bond donors (Lipinski definition) is 2. The van der Waals surface area contributed by atoms with E-state index in [9.17, 15) is 5.11 Å². The van der Waals surface area contributed by atoms with E-state index in [1.165, 1.54) is 0 Å². The third-order valence-electron chi connectivity index (χ3n) is 3.14. The molecule has 1 aromatic carbocycles. The first-order valence-corrected chi connectivity index (χ1v) is 6.64. The molecule has 1 aliphatic heterocycles. The number of nitrogens with zero attached hydrogens (tertiary/aromatic N) is 1. The Morgan fingerprint density at radius 2 is 2.00 bits per heavy atom. The standard InChI is InChI=1S/C13H16Cl2N2O/c1-2-12(17-5-3-16-4-6-17)10-7-9(14)8-11(15)13(10)18/h2,7-8,12,16,18H,1,3-6H2/t12-/m0/s1. The highest BCUT2D eigenvalue weighted by molar-refractivity contribution is 6.35. The second-order valence-corrected chi connectivity index (χ2v) is 5.14. The molecule has 0 spiro atoms. The Kier molecular flexibility index (Phi) is 4.51. The third kappa shape index (κ3) is 2.81. The summed E-state index contributed by atoms with van der Waals surface area (Å²) in [6.07, 6.45) is 1.81. The minimum Gasteiger partial charge on any atom is -0.506 e. The van der Waals surface area contributed by atoms with Gasteiger partial charge < -0.3 is 10.4 Å². The van der Waals surface area contributed by atoms with Crippen LogP contribution < -0.4 is 5.32 Å². The number of halogens is 2. The quantitative estimate of drug-likeness (QED) is 0.839. The van der Waals surface area contributed by atoms with Crippen molar-refractivity contribution in [3.05, 3.63) is 40.4 Å². The summed E-state index contributed by atoms with van der Waals surface area (Å²) in [5.74, 6) is 0.0875. The molecule has 18 heavy (non-hydrogen) atoms. The molecule has 1 fully saturated rings. The molecule has 0 radical (unpaired) electrons. The highest BCUT2D eigenvalue weighted by Gasteiger charge is 2.23. The van der Waals surface area contributed by atoms with E-state index in [2.05, 4.69) is 16.8 Å². The lowest BCUT2D eigenvalue weighted by molar-refractivity contribution is 0.201. The third-order valence-corrected chi connectivity index (χ3v) is 3.65. The zero-order valence-corrected chi connectivity index (χ0v) is 11.5. The molecule has 0 saturated carbocycles. The molecular weight excluding hydrogens is 271 g/mol. The van der Waals surface area contributed by atoms with Gasteiger partial charge in [0.05, 0.1) is 11.1 Å². The summed E-state index contributed by atoms with van der Waals surface area (Å²) >= 11 is 12.0. The molecule has 2 N–H and O–H groups in total. The Morgan fingerprint density at radius 1 is 1.33 bits per heavy atom. The SMILES string of the molecule is C=C[C@@H](c1cc(Cl)cc(Cl)c1O)N1CCNCC1. The Bertz CT molecular complexity index is 445. The lowest BCUT2D eigenvalue weighted by Crippen LogP contribution is -2.44. The first kappa shape index (κ1) is 13.7. The molecule has 3 nitrogen and oxygen atoms in total. The van der Waals surface area contributed by atoms with Gasteiger partial charge in [-0.05, 0) is 12.1 Å². The monoisotopic (exact) mass is 286 g/mol. The van der Waals surface area contributed by atoms with Crippen molar-refractivity contribution in [1.82, 2.24) is 10.2 Å². The van der Waals surface area contributed by atoms with Crippen molar-refractivity contribution in [2.24, 2.45) is 0 Å². The number of aromatic hydroxyl groups is 1. The van der Waals surface area contributed by atoms with Crippen molar-refractivity contribution < 1.29 is 5.11 Å². The van der Waals surface area contributed by atoms with Crippen LogP contribution in [0.25, 0.3) is 0 Å². The van der Waals surface area contributed by atoms with Gasteiger partial charge in [0.15, 0.2) is 0 Å². The molecule has 98 valence electrons. The second-order valence-electron chi connectivity index (χ2n) is 4.29. The van der Waals surface area contributed by atoms with Crippen molar-refractivity contribution in [1.29, 1.82) is 0 Å². The fourth-order valence-electron chi connectivity index (χ4n) is 2.24. The largest absolute Gasteiger partial charge is 0.506 e. The molecular formula is C13H16Cl2N2O. The molecule has 0 aliphatic carbocycles. The summed E-state index contributed by atoms with van der Waals surface area (Å²) in [6, 6.07) is 3.22. The molecule has 0 aromatic heterocycles. The van der Waals surface area contributed by atoms with Gasteiger partial charge in [-0.3, -0.25) is 4.90 Å². The van der Waals surface area contributed by atoms with Gasteiger partial charge in [0.25, 0.3) is 0 Å². The van der Waals surface area contributed by atoms with Crippen molar-refractivity contribution >= 4 is 23.2 Å². The van der Waals surface area contributed by atoms with Crippen LogP contribution in [0.5, 0.6) is 5.75 Å². The molecule has 0 bridgehead atoms. The van der Waals surface area contributed by atoms with Gasteiger partial charge >= 0.3 is 0 Å². The molecule has 1 atom stereocenters. The Balaban J connectivity index is 2.34. The smallest absolute Gasteiger partial charge is 0.139 e. The van der Waals surface area contributed by atoms with Gasteiger partial charge in [0.2, 0.25) is 0 Å². The lowest BCUT2D eigenvalue weighted by Gasteiger charge is -2.33. The van der Waals surface area contributed by atoms with Crippen molar-refractivity contribution in [3.8, 4) is 5.75 Å². The zero-order chi connectivity index (χ0) is 13.1. The van der Waals surface area contributed by atoms with Gasteiger partial charge in [0, 0.05) is 36.8 Å². The first-order valence-electron chi connectivity index (χ1n) is 5.88. The first-order chi connectivity index (χ1) is 8.63. The van der Waals surface area contributed by atoms with E-state index in [-0.39, 0.29) is 16.8 Å². The predicted octanol–water partition coefficient (Wildman–Crippen LogP) is 2.83. The minimum atomic E-state index is -0.0664. The van der Waals surface area contributed by atoms with E-state index >= 15 is 0 Å². The Hall–Kier alpha value is -0.740. The van der Waals surface area contributed by atoms with Crippen LogP contribution in [0.15, 0.2) is 24.8 Å². The highest BCUT2D eigenvalue weighted by Crippen LogP contribution is 2.37. The molecule has 0 unspecified atom stereocenters. The maximum Gasteiger partial charge on any atom is 0.139 e. The van der Waals surface area contributed by atoms with Crippen LogP contribution in [0.1, 0.15) is 11.6 Å². The molecule has 1 heterocycles. The molecule has 2 rings (SSSR count). The van der Waals surface area contributed by atoms with Crippen LogP contribution >= 0.6 is 23.2 Å². The maximum atomic E-state index is 10.1. The van der Waals surface area contributed by atoms with Crippen molar-refractivity contribution in [2.45, 2.75) is 6.04 Å². The van der Waals surface area contributed by atoms with Gasteiger partial charge in [-0.15, -0.1) is 6.58 Å². The van der Waals surface area contributed by atoms with Crippen LogP contribution in [0.3, 0.4) is 0 Å². The number of rotatable bonds is 3. The van der Waals surface area contributed by atoms with E-state index in [0.29, 0.717) is 10.6 Å². The van der Waals surface area contributed by atoms with Gasteiger partial charge in [-0.1, -0.05) is 29.3 Å². The van der Waals surface area contributed by atoms with Gasteiger partial charge in [-0.2, -0.15) is 0 Å². The fraction of sp³-hybridized carbons (Fsp3) is 0.385. The highest BCUT2D eigenvalue weighted by atomic mass is 35.5.